The normalized spacial score (nSPS) is 13.9. The Morgan fingerprint density at radius 1 is 0.591 bits per heavy atom. The van der Waals surface area contributed by atoms with Crippen LogP contribution in [0, 0.1) is 0 Å². The van der Waals surface area contributed by atoms with E-state index in [1.165, 1.54) is 72.5 Å². The van der Waals surface area contributed by atoms with Gasteiger partial charge in [-0.05, 0) is 95.5 Å². The molecule has 0 unspecified atom stereocenters. The summed E-state index contributed by atoms with van der Waals surface area (Å²) < 4.78 is 2.43. The number of nitrogens with zero attached hydrogens (tertiary/aromatic N) is 2. The fourth-order valence-electron chi connectivity index (χ4n) is 7.49. The molecule has 1 aromatic heterocycles. The molecule has 2 heterocycles. The van der Waals surface area contributed by atoms with Crippen LogP contribution in [0.1, 0.15) is 44.2 Å². The van der Waals surface area contributed by atoms with Crippen molar-refractivity contribution in [3.63, 3.8) is 0 Å². The highest BCUT2D eigenvalue weighted by molar-refractivity contribution is 6.11. The maximum Gasteiger partial charge on any atom is 0.0634 e. The molecule has 1 aliphatic carbocycles. The van der Waals surface area contributed by atoms with Gasteiger partial charge in [-0.1, -0.05) is 105 Å². The smallest absolute Gasteiger partial charge is 0.0634 e. The number of anilines is 3. The van der Waals surface area contributed by atoms with Crippen molar-refractivity contribution in [2.75, 3.05) is 4.90 Å². The summed E-state index contributed by atoms with van der Waals surface area (Å²) in [5.41, 5.74) is 17.0. The summed E-state index contributed by atoms with van der Waals surface area (Å²) in [6.07, 6.45) is 11.2. The number of rotatable bonds is 5. The number of hydrogen-bond donors (Lipinski definition) is 0. The molecular formula is C42H36N2. The summed E-state index contributed by atoms with van der Waals surface area (Å²) in [4.78, 5) is 2.47. The summed E-state index contributed by atoms with van der Waals surface area (Å²) >= 11 is 0. The van der Waals surface area contributed by atoms with E-state index in [1.54, 1.807) is 0 Å². The van der Waals surface area contributed by atoms with E-state index in [9.17, 15) is 0 Å². The first-order valence-electron chi connectivity index (χ1n) is 16.0. The zero-order valence-corrected chi connectivity index (χ0v) is 25.4. The number of fused-ring (bicyclic) bond motifs is 7. The van der Waals surface area contributed by atoms with E-state index in [0.29, 0.717) is 0 Å². The van der Waals surface area contributed by atoms with Crippen molar-refractivity contribution < 1.29 is 0 Å². The zero-order chi connectivity index (χ0) is 29.6. The molecular weight excluding hydrogens is 532 g/mol. The Kier molecular flexibility index (Phi) is 6.56. The minimum atomic E-state index is 0.983. The largest absolute Gasteiger partial charge is 0.316 e. The van der Waals surface area contributed by atoms with Gasteiger partial charge in [-0.25, -0.2) is 0 Å². The fraction of sp³-hybridized carbons (Fsp3) is 0.143. The van der Waals surface area contributed by atoms with E-state index in [2.05, 4.69) is 157 Å². The highest BCUT2D eigenvalue weighted by atomic mass is 15.2. The van der Waals surface area contributed by atoms with Crippen molar-refractivity contribution >= 4 is 33.5 Å². The maximum atomic E-state index is 2.47. The Labute approximate surface area is 260 Å². The third kappa shape index (κ3) is 4.09. The second-order valence-electron chi connectivity index (χ2n) is 11.8. The van der Waals surface area contributed by atoms with Crippen molar-refractivity contribution in [2.45, 2.75) is 39.5 Å². The Morgan fingerprint density at radius 3 is 2.09 bits per heavy atom. The lowest BCUT2D eigenvalue weighted by molar-refractivity contribution is 0.983. The van der Waals surface area contributed by atoms with E-state index in [4.69, 9.17) is 0 Å². The molecule has 44 heavy (non-hydrogen) atoms. The molecule has 5 aromatic carbocycles. The second kappa shape index (κ2) is 10.9. The SMILES string of the molecule is CCC1=C(c2cccc(-n3ccc4c5c(ccc43)-c3ccccc3-c3ccccc3N5c3ccccc3)c2CC)CCC=C1. The maximum absolute atomic E-state index is 2.47. The highest BCUT2D eigenvalue weighted by Crippen LogP contribution is 2.53. The molecule has 214 valence electrons. The predicted octanol–water partition coefficient (Wildman–Crippen LogP) is 11.8. The Bertz CT molecular complexity index is 2090. The van der Waals surface area contributed by atoms with Gasteiger partial charge in [0.15, 0.2) is 0 Å². The lowest BCUT2D eigenvalue weighted by atomic mass is 9.86. The van der Waals surface area contributed by atoms with Crippen LogP contribution < -0.4 is 4.90 Å². The van der Waals surface area contributed by atoms with Crippen molar-refractivity contribution in [3.8, 4) is 27.9 Å². The van der Waals surface area contributed by atoms with Crippen molar-refractivity contribution in [1.82, 2.24) is 4.57 Å². The van der Waals surface area contributed by atoms with Crippen LogP contribution in [-0.4, -0.2) is 4.57 Å². The number of benzene rings is 5. The van der Waals surface area contributed by atoms with Crippen LogP contribution in [-0.2, 0) is 6.42 Å². The molecule has 6 aromatic rings. The lowest BCUT2D eigenvalue weighted by Gasteiger charge is -2.28. The quantitative estimate of drug-likeness (QED) is 0.200. The van der Waals surface area contributed by atoms with Gasteiger partial charge in [0.1, 0.15) is 0 Å². The number of allylic oxidation sites excluding steroid dienone is 4. The van der Waals surface area contributed by atoms with Crippen molar-refractivity contribution in [1.29, 1.82) is 0 Å². The van der Waals surface area contributed by atoms with Crippen LogP contribution in [0.15, 0.2) is 139 Å². The van der Waals surface area contributed by atoms with Gasteiger partial charge in [-0.3, -0.25) is 0 Å². The first-order valence-corrected chi connectivity index (χ1v) is 16.0. The third-order valence-electron chi connectivity index (χ3n) is 9.47. The van der Waals surface area contributed by atoms with Gasteiger partial charge in [0.25, 0.3) is 0 Å². The minimum Gasteiger partial charge on any atom is -0.316 e. The molecule has 2 aliphatic rings. The topological polar surface area (TPSA) is 8.17 Å². The van der Waals surface area contributed by atoms with Gasteiger partial charge in [0.05, 0.1) is 16.9 Å². The molecule has 0 saturated carbocycles. The molecule has 2 nitrogen and oxygen atoms in total. The van der Waals surface area contributed by atoms with Crippen LogP contribution in [0.3, 0.4) is 0 Å². The Hall–Kier alpha value is -5.08. The van der Waals surface area contributed by atoms with Crippen LogP contribution in [0.4, 0.5) is 17.1 Å². The predicted molar refractivity (Wildman–Crippen MR) is 187 cm³/mol. The van der Waals surface area contributed by atoms with Crippen LogP contribution in [0.5, 0.6) is 0 Å². The average Bonchev–Trinajstić information content (AvgIpc) is 3.48. The van der Waals surface area contributed by atoms with E-state index in [1.807, 2.05) is 0 Å². The molecule has 0 amide bonds. The Balaban J connectivity index is 1.42. The molecule has 1 aliphatic heterocycles. The van der Waals surface area contributed by atoms with Crippen LogP contribution in [0.2, 0.25) is 0 Å². The first-order chi connectivity index (χ1) is 21.8. The highest BCUT2D eigenvalue weighted by Gasteiger charge is 2.28. The molecule has 0 bridgehead atoms. The molecule has 0 fully saturated rings. The van der Waals surface area contributed by atoms with E-state index in [0.717, 1.165) is 31.4 Å². The van der Waals surface area contributed by atoms with Crippen molar-refractivity contribution in [3.05, 3.63) is 150 Å². The second-order valence-corrected chi connectivity index (χ2v) is 11.8. The molecule has 0 radical (unpaired) electrons. The summed E-state index contributed by atoms with van der Waals surface area (Å²) in [6.45, 7) is 4.58. The standard InChI is InChI=1S/C42H36N2/c1-3-29-15-8-9-18-32(29)33-22-14-24-39(31(33)4-2)43-28-27-38-40(43)26-25-37-35-20-11-10-19-34(35)36-21-12-13-23-41(36)44(42(37)38)30-16-6-5-7-17-30/h5-8,10-17,19-28H,3-4,9,18H2,1-2H3. The summed E-state index contributed by atoms with van der Waals surface area (Å²) in [7, 11) is 0. The van der Waals surface area contributed by atoms with Gasteiger partial charge in [0.2, 0.25) is 0 Å². The summed E-state index contributed by atoms with van der Waals surface area (Å²) in [5, 5.41) is 1.25. The zero-order valence-electron chi connectivity index (χ0n) is 25.4. The van der Waals surface area contributed by atoms with Gasteiger partial charge >= 0.3 is 0 Å². The van der Waals surface area contributed by atoms with Gasteiger partial charge in [-0.2, -0.15) is 0 Å². The summed E-state index contributed by atoms with van der Waals surface area (Å²) in [5.74, 6) is 0. The van der Waals surface area contributed by atoms with E-state index < -0.39 is 0 Å². The van der Waals surface area contributed by atoms with Gasteiger partial charge in [-0.15, -0.1) is 0 Å². The van der Waals surface area contributed by atoms with Crippen molar-refractivity contribution in [2.24, 2.45) is 0 Å². The minimum absolute atomic E-state index is 0.983. The first kappa shape index (κ1) is 26.5. The number of hydrogen-bond acceptors (Lipinski definition) is 1. The fourth-order valence-corrected chi connectivity index (χ4v) is 7.49. The van der Waals surface area contributed by atoms with Crippen LogP contribution >= 0.6 is 0 Å². The monoisotopic (exact) mass is 568 g/mol. The molecule has 0 spiro atoms. The Morgan fingerprint density at radius 2 is 1.30 bits per heavy atom. The molecule has 2 heteroatoms. The van der Waals surface area contributed by atoms with Gasteiger partial charge in [0, 0.05) is 34.1 Å². The number of para-hydroxylation sites is 2. The third-order valence-corrected chi connectivity index (χ3v) is 9.47. The molecule has 0 atom stereocenters. The lowest BCUT2D eigenvalue weighted by Crippen LogP contribution is -2.11. The van der Waals surface area contributed by atoms with Gasteiger partial charge < -0.3 is 9.47 Å². The van der Waals surface area contributed by atoms with Crippen LogP contribution in [0.25, 0.3) is 44.4 Å². The number of aromatic nitrogens is 1. The molecule has 0 N–H and O–H groups in total. The average molecular weight is 569 g/mol. The summed E-state index contributed by atoms with van der Waals surface area (Å²) in [6, 6.07) is 42.4. The molecule has 8 rings (SSSR count). The molecule has 0 saturated heterocycles. The van der Waals surface area contributed by atoms with E-state index >= 15 is 0 Å². The van der Waals surface area contributed by atoms with E-state index in [-0.39, 0.29) is 0 Å².